The molecule has 0 amide bonds. The molecule has 1 N–H and O–H groups in total. The summed E-state index contributed by atoms with van der Waals surface area (Å²) in [5, 5.41) is 21.9. The van der Waals surface area contributed by atoms with Gasteiger partial charge >= 0.3 is 18.3 Å². The third kappa shape index (κ3) is 7.16. The number of nitrogens with zero attached hydrogens (tertiary/aromatic N) is 2. The topological polar surface area (TPSA) is 102 Å². The molecule has 1 saturated heterocycles. The van der Waals surface area contributed by atoms with Gasteiger partial charge in [0.15, 0.2) is 0 Å². The van der Waals surface area contributed by atoms with Gasteiger partial charge in [0.25, 0.3) is 5.54 Å². The van der Waals surface area contributed by atoms with Crippen molar-refractivity contribution in [3.8, 4) is 0 Å². The van der Waals surface area contributed by atoms with Gasteiger partial charge in [-0.15, -0.1) is 0 Å². The second-order valence-corrected chi connectivity index (χ2v) is 9.99. The van der Waals surface area contributed by atoms with Crippen LogP contribution < -0.4 is 0 Å². The zero-order valence-corrected chi connectivity index (χ0v) is 22.3. The quantitative estimate of drug-likeness (QED) is 0.172. The normalized spacial score (nSPS) is 22.8. The first kappa shape index (κ1) is 32.3. The Labute approximate surface area is 232 Å². The number of benzene rings is 2. The van der Waals surface area contributed by atoms with Crippen molar-refractivity contribution in [1.82, 2.24) is 4.90 Å². The lowest BCUT2D eigenvalue weighted by Crippen LogP contribution is -2.64. The first-order chi connectivity index (χ1) is 19.1. The number of piperidine rings is 1. The van der Waals surface area contributed by atoms with Crippen molar-refractivity contribution in [3.05, 3.63) is 80.9 Å². The Morgan fingerprint density at radius 1 is 1.07 bits per heavy atom. The number of hydrogen-bond donors (Lipinski definition) is 1. The lowest BCUT2D eigenvalue weighted by atomic mass is 9.75. The van der Waals surface area contributed by atoms with Crippen molar-refractivity contribution >= 4 is 5.97 Å². The van der Waals surface area contributed by atoms with Crippen LogP contribution in [0.3, 0.4) is 0 Å². The van der Waals surface area contributed by atoms with E-state index in [2.05, 4.69) is 0 Å². The molecule has 0 aromatic heterocycles. The number of aliphatic hydroxyl groups is 1. The van der Waals surface area contributed by atoms with Crippen LogP contribution in [0.25, 0.3) is 0 Å². The molecule has 226 valence electrons. The van der Waals surface area contributed by atoms with Crippen molar-refractivity contribution in [1.29, 1.82) is 0 Å². The molecule has 0 saturated carbocycles. The fourth-order valence-corrected chi connectivity index (χ4v) is 4.98. The van der Waals surface area contributed by atoms with E-state index in [1.54, 1.807) is 37.3 Å². The van der Waals surface area contributed by atoms with Gasteiger partial charge in [0.05, 0.1) is 49.1 Å². The number of ether oxygens (including phenoxy) is 2. The number of alkyl halides is 6. The molecule has 8 nitrogen and oxygen atoms in total. The van der Waals surface area contributed by atoms with Gasteiger partial charge in [-0.05, 0) is 49.6 Å². The fourth-order valence-electron chi connectivity index (χ4n) is 4.98. The first-order valence-electron chi connectivity index (χ1n) is 12.7. The van der Waals surface area contributed by atoms with E-state index in [0.29, 0.717) is 17.7 Å². The standard InChI is InChI=1S/C27H30F6N2O6/c1-3-40-23(37)14-34-15-24(16-36,35(38)39)9-10-25(34,20-7-5-4-6-8-20)17-41-18(2)19-11-21(26(28,29)30)13-22(12-19)27(31,32)33/h4-8,11-13,18,36H,3,9-10,14-17H2,1-2H3/t18-,24-,25-/m1/s1. The van der Waals surface area contributed by atoms with Gasteiger partial charge < -0.3 is 14.6 Å². The highest BCUT2D eigenvalue weighted by Gasteiger charge is 2.56. The van der Waals surface area contributed by atoms with Crippen molar-refractivity contribution in [2.75, 3.05) is 32.9 Å². The minimum Gasteiger partial charge on any atom is -0.465 e. The molecule has 2 aromatic rings. The van der Waals surface area contributed by atoms with Crippen molar-refractivity contribution in [2.24, 2.45) is 0 Å². The summed E-state index contributed by atoms with van der Waals surface area (Å²) in [6.45, 7) is 0.864. The monoisotopic (exact) mass is 592 g/mol. The Kier molecular flexibility index (Phi) is 9.71. The van der Waals surface area contributed by atoms with E-state index >= 15 is 0 Å². The van der Waals surface area contributed by atoms with Crippen LogP contribution in [0.4, 0.5) is 26.3 Å². The van der Waals surface area contributed by atoms with E-state index < -0.39 is 71.3 Å². The summed E-state index contributed by atoms with van der Waals surface area (Å²) >= 11 is 0. The smallest absolute Gasteiger partial charge is 0.416 e. The molecule has 1 aliphatic rings. The van der Waals surface area contributed by atoms with Crippen LogP contribution in [0.1, 0.15) is 55.0 Å². The third-order valence-electron chi connectivity index (χ3n) is 7.36. The SMILES string of the molecule is CCOC(=O)CN1C[C@](CO)([N+](=O)[O-])CC[C@@]1(CO[C@H](C)c1cc(C(F)(F)F)cc(C(F)(F)F)c1)c1ccccc1. The lowest BCUT2D eigenvalue weighted by molar-refractivity contribution is -0.580. The maximum atomic E-state index is 13.4. The molecule has 1 heterocycles. The minimum absolute atomic E-state index is 0.0238. The van der Waals surface area contributed by atoms with Gasteiger partial charge in [0.1, 0.15) is 6.61 Å². The Morgan fingerprint density at radius 3 is 2.15 bits per heavy atom. The Balaban J connectivity index is 2.05. The summed E-state index contributed by atoms with van der Waals surface area (Å²) in [6, 6.07) is 9.59. The summed E-state index contributed by atoms with van der Waals surface area (Å²) < 4.78 is 91.6. The van der Waals surface area contributed by atoms with Crippen LogP contribution in [0.5, 0.6) is 0 Å². The minimum atomic E-state index is -5.04. The average Bonchev–Trinajstić information content (AvgIpc) is 2.91. The summed E-state index contributed by atoms with van der Waals surface area (Å²) in [6.07, 6.45) is -11.5. The molecular weight excluding hydrogens is 562 g/mol. The predicted octanol–water partition coefficient (Wildman–Crippen LogP) is 5.36. The summed E-state index contributed by atoms with van der Waals surface area (Å²) in [5.74, 6) is -0.717. The van der Waals surface area contributed by atoms with E-state index in [0.717, 1.165) is 0 Å². The molecule has 1 aliphatic heterocycles. The largest absolute Gasteiger partial charge is 0.465 e. The van der Waals surface area contributed by atoms with Gasteiger partial charge in [-0.25, -0.2) is 0 Å². The molecule has 41 heavy (non-hydrogen) atoms. The van der Waals surface area contributed by atoms with Crippen LogP contribution in [0.15, 0.2) is 48.5 Å². The Bertz CT molecular complexity index is 1190. The second kappa shape index (κ2) is 12.3. The van der Waals surface area contributed by atoms with Gasteiger partial charge in [-0.1, -0.05) is 30.3 Å². The van der Waals surface area contributed by atoms with Crippen LogP contribution in [0, 0.1) is 10.1 Å². The number of esters is 1. The fraction of sp³-hybridized carbons (Fsp3) is 0.519. The van der Waals surface area contributed by atoms with E-state index in [9.17, 15) is 46.4 Å². The highest BCUT2D eigenvalue weighted by Crippen LogP contribution is 2.44. The van der Waals surface area contributed by atoms with Gasteiger partial charge in [0.2, 0.25) is 0 Å². The molecule has 1 fully saturated rings. The van der Waals surface area contributed by atoms with Gasteiger partial charge in [-0.3, -0.25) is 19.8 Å². The molecule has 0 unspecified atom stereocenters. The maximum Gasteiger partial charge on any atom is 0.416 e. The second-order valence-electron chi connectivity index (χ2n) is 9.99. The van der Waals surface area contributed by atoms with E-state index in [1.165, 1.54) is 11.8 Å². The summed E-state index contributed by atoms with van der Waals surface area (Å²) in [4.78, 5) is 25.4. The van der Waals surface area contributed by atoms with Crippen LogP contribution in [-0.4, -0.2) is 59.3 Å². The van der Waals surface area contributed by atoms with Crippen molar-refractivity contribution in [3.63, 3.8) is 0 Å². The van der Waals surface area contributed by atoms with Crippen LogP contribution >= 0.6 is 0 Å². The molecule has 14 heteroatoms. The molecule has 3 rings (SSSR count). The van der Waals surface area contributed by atoms with Gasteiger partial charge in [-0.2, -0.15) is 26.3 Å². The third-order valence-corrected chi connectivity index (χ3v) is 7.36. The number of rotatable bonds is 10. The molecule has 0 radical (unpaired) electrons. The molecule has 3 atom stereocenters. The zero-order chi connectivity index (χ0) is 30.6. The number of aliphatic hydroxyl groups excluding tert-OH is 1. The number of carbonyl (C=O) groups excluding carboxylic acids is 1. The van der Waals surface area contributed by atoms with E-state index in [1.807, 2.05) is 0 Å². The molecule has 2 aromatic carbocycles. The number of hydrogen-bond acceptors (Lipinski definition) is 7. The molecule has 0 spiro atoms. The van der Waals surface area contributed by atoms with Crippen molar-refractivity contribution in [2.45, 2.75) is 56.2 Å². The highest BCUT2D eigenvalue weighted by molar-refractivity contribution is 5.72. The average molecular weight is 593 g/mol. The molecule has 0 aliphatic carbocycles. The van der Waals surface area contributed by atoms with Gasteiger partial charge in [0, 0.05) is 11.3 Å². The summed E-state index contributed by atoms with van der Waals surface area (Å²) in [5.41, 5.74) is -5.90. The molecule has 0 bridgehead atoms. The van der Waals surface area contributed by atoms with E-state index in [4.69, 9.17) is 9.47 Å². The van der Waals surface area contributed by atoms with Crippen LogP contribution in [-0.2, 0) is 32.2 Å². The zero-order valence-electron chi connectivity index (χ0n) is 22.3. The number of nitro groups is 1. The highest BCUT2D eigenvalue weighted by atomic mass is 19.4. The van der Waals surface area contributed by atoms with E-state index in [-0.39, 0.29) is 37.7 Å². The Hall–Kier alpha value is -3.23. The number of halogens is 6. The molecular formula is C27H30F6N2O6. The number of carbonyl (C=O) groups is 1. The van der Waals surface area contributed by atoms with Crippen molar-refractivity contribution < 1.29 is 50.6 Å². The maximum absolute atomic E-state index is 13.4. The number of likely N-dealkylation sites (tertiary alicyclic amines) is 1. The first-order valence-corrected chi connectivity index (χ1v) is 12.7. The predicted molar refractivity (Wildman–Crippen MR) is 133 cm³/mol. The summed E-state index contributed by atoms with van der Waals surface area (Å²) in [7, 11) is 0. The van der Waals surface area contributed by atoms with Crippen LogP contribution in [0.2, 0.25) is 0 Å². The lowest BCUT2D eigenvalue weighted by Gasteiger charge is -2.50. The Morgan fingerprint density at radius 2 is 1.66 bits per heavy atom.